The Balaban J connectivity index is 1.28. The number of pyridine rings is 1. The Labute approximate surface area is 213 Å². The van der Waals surface area contributed by atoms with Crippen LogP contribution in [0, 0.1) is 0 Å². The van der Waals surface area contributed by atoms with Gasteiger partial charge in [0.25, 0.3) is 5.91 Å². The highest BCUT2D eigenvalue weighted by atomic mass is 35.5. The van der Waals surface area contributed by atoms with Crippen LogP contribution < -0.4 is 15.5 Å². The highest BCUT2D eigenvalue weighted by molar-refractivity contribution is 6.31. The van der Waals surface area contributed by atoms with Crippen LogP contribution >= 0.6 is 11.6 Å². The maximum atomic E-state index is 13.5. The molecule has 1 aliphatic carbocycles. The lowest BCUT2D eigenvalue weighted by atomic mass is 9.89. The van der Waals surface area contributed by atoms with Crippen LogP contribution in [-0.2, 0) is 19.1 Å². The topological polar surface area (TPSA) is 57.3 Å². The van der Waals surface area contributed by atoms with Crippen LogP contribution in [0.1, 0.15) is 52.9 Å². The predicted octanol–water partition coefficient (Wildman–Crippen LogP) is 5.73. The van der Waals surface area contributed by atoms with E-state index >= 15 is 0 Å². The highest BCUT2D eigenvalue weighted by Gasteiger charge is 2.35. The van der Waals surface area contributed by atoms with Crippen molar-refractivity contribution in [2.75, 3.05) is 18.5 Å². The van der Waals surface area contributed by atoms with Gasteiger partial charge in [0, 0.05) is 47.3 Å². The van der Waals surface area contributed by atoms with Gasteiger partial charge in [-0.25, -0.2) is 4.98 Å². The summed E-state index contributed by atoms with van der Waals surface area (Å²) < 4.78 is 40.6. The van der Waals surface area contributed by atoms with Crippen molar-refractivity contribution in [1.29, 1.82) is 0 Å². The molecule has 1 saturated carbocycles. The van der Waals surface area contributed by atoms with Crippen molar-refractivity contribution in [3.8, 4) is 0 Å². The molecule has 0 saturated heterocycles. The minimum Gasteiger partial charge on any atom is -0.371 e. The lowest BCUT2D eigenvalue weighted by Gasteiger charge is -2.37. The zero-order valence-electron chi connectivity index (χ0n) is 20.0. The number of anilines is 1. The SMILES string of the molecule is CN(c1cc(C(F)(F)F)nc2ccc(Cl)cc12)C1CCC(NC(=O)c2ccc3c(c2)CNCC3)CC1. The van der Waals surface area contributed by atoms with Crippen molar-refractivity contribution in [3.05, 3.63) is 69.9 Å². The molecule has 36 heavy (non-hydrogen) atoms. The molecule has 0 atom stereocenters. The molecule has 0 radical (unpaired) electrons. The molecule has 1 aromatic heterocycles. The second-order valence-electron chi connectivity index (χ2n) is 9.69. The third-order valence-electron chi connectivity index (χ3n) is 7.35. The molecular weight excluding hydrogens is 489 g/mol. The predicted molar refractivity (Wildman–Crippen MR) is 136 cm³/mol. The lowest BCUT2D eigenvalue weighted by molar-refractivity contribution is -0.140. The molecule has 2 heterocycles. The van der Waals surface area contributed by atoms with Crippen LogP contribution in [-0.4, -0.2) is 36.6 Å². The van der Waals surface area contributed by atoms with Crippen LogP contribution in [0.2, 0.25) is 5.02 Å². The molecule has 5 nitrogen and oxygen atoms in total. The number of aromatic nitrogens is 1. The number of fused-ring (bicyclic) bond motifs is 2. The number of amides is 1. The van der Waals surface area contributed by atoms with E-state index in [1.165, 1.54) is 17.2 Å². The number of carbonyl (C=O) groups excluding carboxylic acids is 1. The third kappa shape index (κ3) is 5.15. The van der Waals surface area contributed by atoms with Gasteiger partial charge in [0.1, 0.15) is 5.69 Å². The van der Waals surface area contributed by atoms with E-state index in [0.717, 1.165) is 51.3 Å². The number of hydrogen-bond donors (Lipinski definition) is 2. The van der Waals surface area contributed by atoms with Crippen molar-refractivity contribution < 1.29 is 18.0 Å². The Hall–Kier alpha value is -2.84. The van der Waals surface area contributed by atoms with Crippen molar-refractivity contribution in [2.45, 2.75) is 56.9 Å². The fourth-order valence-electron chi connectivity index (χ4n) is 5.31. The molecule has 1 fully saturated rings. The van der Waals surface area contributed by atoms with E-state index < -0.39 is 11.9 Å². The quantitative estimate of drug-likeness (QED) is 0.465. The van der Waals surface area contributed by atoms with E-state index in [2.05, 4.69) is 15.6 Å². The van der Waals surface area contributed by atoms with Gasteiger partial charge in [0.05, 0.1) is 5.52 Å². The Morgan fingerprint density at radius 1 is 1.08 bits per heavy atom. The third-order valence-corrected chi connectivity index (χ3v) is 7.59. The normalized spacial score (nSPS) is 20.1. The van der Waals surface area contributed by atoms with Crippen molar-refractivity contribution in [1.82, 2.24) is 15.6 Å². The summed E-state index contributed by atoms with van der Waals surface area (Å²) in [6.45, 7) is 1.73. The zero-order chi connectivity index (χ0) is 25.4. The molecule has 2 aromatic carbocycles. The number of benzene rings is 2. The summed E-state index contributed by atoms with van der Waals surface area (Å²) in [5.74, 6) is -0.0789. The fourth-order valence-corrected chi connectivity index (χ4v) is 5.48. The van der Waals surface area contributed by atoms with E-state index in [1.807, 2.05) is 30.1 Å². The monoisotopic (exact) mass is 516 g/mol. The highest BCUT2D eigenvalue weighted by Crippen LogP contribution is 2.37. The summed E-state index contributed by atoms with van der Waals surface area (Å²) in [7, 11) is 1.82. The van der Waals surface area contributed by atoms with E-state index in [4.69, 9.17) is 11.6 Å². The van der Waals surface area contributed by atoms with Gasteiger partial charge in [-0.2, -0.15) is 13.2 Å². The number of alkyl halides is 3. The lowest BCUT2D eigenvalue weighted by Crippen LogP contribution is -2.43. The summed E-state index contributed by atoms with van der Waals surface area (Å²) >= 11 is 6.16. The second kappa shape index (κ2) is 9.90. The number of nitrogens with one attached hydrogen (secondary N) is 2. The van der Waals surface area contributed by atoms with Gasteiger partial charge >= 0.3 is 6.18 Å². The number of hydrogen-bond acceptors (Lipinski definition) is 4. The standard InChI is InChI=1S/C27H28ClF3N4O/c1-35(24-14-25(27(29,30)31)34-23-9-4-19(28)13-22(23)24)21-7-5-20(6-8-21)33-26(36)17-3-2-16-10-11-32-15-18(16)12-17/h2-4,9,12-14,20-21,32H,5-8,10-11,15H2,1H3,(H,33,36). The molecule has 190 valence electrons. The van der Waals surface area contributed by atoms with Gasteiger partial charge in [0.15, 0.2) is 0 Å². The average molecular weight is 517 g/mol. The summed E-state index contributed by atoms with van der Waals surface area (Å²) in [5.41, 5.74) is 2.92. The molecule has 1 amide bonds. The molecular formula is C27H28ClF3N4O. The van der Waals surface area contributed by atoms with Crippen LogP contribution in [0.5, 0.6) is 0 Å². The first-order valence-electron chi connectivity index (χ1n) is 12.2. The Morgan fingerprint density at radius 3 is 2.61 bits per heavy atom. The Morgan fingerprint density at radius 2 is 1.86 bits per heavy atom. The second-order valence-corrected chi connectivity index (χ2v) is 10.1. The molecule has 0 unspecified atom stereocenters. The molecule has 2 aliphatic rings. The maximum Gasteiger partial charge on any atom is 0.433 e. The molecule has 1 aliphatic heterocycles. The minimum atomic E-state index is -4.54. The van der Waals surface area contributed by atoms with Crippen molar-refractivity contribution in [3.63, 3.8) is 0 Å². The van der Waals surface area contributed by atoms with Gasteiger partial charge in [-0.05, 0) is 86.2 Å². The molecule has 9 heteroatoms. The minimum absolute atomic E-state index is 0.0330. The average Bonchev–Trinajstić information content (AvgIpc) is 2.87. The molecule has 5 rings (SSSR count). The number of nitrogens with zero attached hydrogens (tertiary/aromatic N) is 2. The van der Waals surface area contributed by atoms with Crippen molar-refractivity contribution in [2.24, 2.45) is 0 Å². The van der Waals surface area contributed by atoms with Gasteiger partial charge in [0.2, 0.25) is 0 Å². The largest absolute Gasteiger partial charge is 0.433 e. The molecule has 0 spiro atoms. The zero-order valence-corrected chi connectivity index (χ0v) is 20.7. The van der Waals surface area contributed by atoms with Gasteiger partial charge in [-0.1, -0.05) is 17.7 Å². The summed E-state index contributed by atoms with van der Waals surface area (Å²) in [6.07, 6.45) is -0.564. The van der Waals surface area contributed by atoms with E-state index in [0.29, 0.717) is 21.7 Å². The van der Waals surface area contributed by atoms with Crippen LogP contribution in [0.3, 0.4) is 0 Å². The first-order valence-corrected chi connectivity index (χ1v) is 12.6. The smallest absolute Gasteiger partial charge is 0.371 e. The summed E-state index contributed by atoms with van der Waals surface area (Å²) in [5, 5.41) is 7.53. The fraction of sp³-hybridized carbons (Fsp3) is 0.407. The van der Waals surface area contributed by atoms with Crippen molar-refractivity contribution >= 4 is 34.1 Å². The Bertz CT molecular complexity index is 1290. The molecule has 0 bridgehead atoms. The van der Waals surface area contributed by atoms with E-state index in [1.54, 1.807) is 12.1 Å². The van der Waals surface area contributed by atoms with E-state index in [-0.39, 0.29) is 23.5 Å². The van der Waals surface area contributed by atoms with Crippen LogP contribution in [0.15, 0.2) is 42.5 Å². The molecule has 3 aromatic rings. The first-order chi connectivity index (χ1) is 17.2. The number of rotatable bonds is 4. The maximum absolute atomic E-state index is 13.5. The molecule has 2 N–H and O–H groups in total. The van der Waals surface area contributed by atoms with Crippen LogP contribution in [0.4, 0.5) is 18.9 Å². The van der Waals surface area contributed by atoms with Gasteiger partial charge in [-0.3, -0.25) is 4.79 Å². The van der Waals surface area contributed by atoms with E-state index in [9.17, 15) is 18.0 Å². The van der Waals surface area contributed by atoms with Crippen LogP contribution in [0.25, 0.3) is 10.9 Å². The number of halogens is 4. The number of carbonyl (C=O) groups is 1. The van der Waals surface area contributed by atoms with Gasteiger partial charge in [-0.15, -0.1) is 0 Å². The summed E-state index contributed by atoms with van der Waals surface area (Å²) in [6, 6.07) is 11.8. The van der Waals surface area contributed by atoms with Gasteiger partial charge < -0.3 is 15.5 Å². The Kier molecular flexibility index (Phi) is 6.83. The first kappa shape index (κ1) is 24.8. The summed E-state index contributed by atoms with van der Waals surface area (Å²) in [4.78, 5) is 18.6.